The minimum atomic E-state index is -0.244. The zero-order valence-electron chi connectivity index (χ0n) is 16.4. The third-order valence-corrected chi connectivity index (χ3v) is 7.12. The number of nitrogens with zero attached hydrogens (tertiary/aromatic N) is 3. The van der Waals surface area contributed by atoms with Crippen molar-refractivity contribution in [1.29, 1.82) is 0 Å². The van der Waals surface area contributed by atoms with Gasteiger partial charge in [0.25, 0.3) is 5.91 Å². The molecule has 150 valence electrons. The van der Waals surface area contributed by atoms with Gasteiger partial charge in [0, 0.05) is 56.2 Å². The van der Waals surface area contributed by atoms with Gasteiger partial charge in [0.2, 0.25) is 11.8 Å². The molecule has 3 aliphatic rings. The summed E-state index contributed by atoms with van der Waals surface area (Å²) in [6.45, 7) is 6.66. The topological polar surface area (TPSA) is 60.9 Å². The van der Waals surface area contributed by atoms with Crippen molar-refractivity contribution in [3.05, 3.63) is 34.9 Å². The molecule has 3 heterocycles. The first-order valence-corrected chi connectivity index (χ1v) is 10.4. The first kappa shape index (κ1) is 19.2. The lowest BCUT2D eigenvalue weighted by molar-refractivity contribution is -0.136. The second kappa shape index (κ2) is 7.07. The van der Waals surface area contributed by atoms with Crippen LogP contribution in [0, 0.1) is 11.8 Å². The molecule has 3 amide bonds. The number of carbonyl (C=O) groups excluding carboxylic acids is 3. The molecular formula is C21H26ClN3O3. The minimum absolute atomic E-state index is 0.0157. The van der Waals surface area contributed by atoms with Gasteiger partial charge in [-0.05, 0) is 38.0 Å². The van der Waals surface area contributed by atoms with Crippen LogP contribution in [0.5, 0.6) is 0 Å². The van der Waals surface area contributed by atoms with Gasteiger partial charge in [-0.25, -0.2) is 0 Å². The maximum atomic E-state index is 13.0. The number of carbonyl (C=O) groups is 3. The lowest BCUT2D eigenvalue weighted by Crippen LogP contribution is -2.58. The third-order valence-electron chi connectivity index (χ3n) is 6.88. The van der Waals surface area contributed by atoms with Crippen LogP contribution in [0.15, 0.2) is 24.3 Å². The van der Waals surface area contributed by atoms with Gasteiger partial charge in [-0.1, -0.05) is 17.7 Å². The molecule has 28 heavy (non-hydrogen) atoms. The Morgan fingerprint density at radius 2 is 1.89 bits per heavy atom. The Bertz CT molecular complexity index is 819. The molecule has 0 saturated carbocycles. The van der Waals surface area contributed by atoms with E-state index >= 15 is 0 Å². The summed E-state index contributed by atoms with van der Waals surface area (Å²) in [5, 5.41) is 0.552. The van der Waals surface area contributed by atoms with Crippen LogP contribution < -0.4 is 0 Å². The second-order valence-corrected chi connectivity index (χ2v) is 8.56. The number of rotatable bonds is 2. The fourth-order valence-corrected chi connectivity index (χ4v) is 5.68. The second-order valence-electron chi connectivity index (χ2n) is 8.13. The van der Waals surface area contributed by atoms with Crippen LogP contribution in [0.2, 0.25) is 5.02 Å². The number of likely N-dealkylation sites (tertiary alicyclic amines) is 3. The summed E-state index contributed by atoms with van der Waals surface area (Å²) in [6, 6.07) is 7.03. The van der Waals surface area contributed by atoms with Crippen LogP contribution in [-0.4, -0.2) is 70.7 Å². The van der Waals surface area contributed by atoms with Gasteiger partial charge in [-0.15, -0.1) is 0 Å². The Labute approximate surface area is 170 Å². The number of hydrogen-bond acceptors (Lipinski definition) is 3. The molecule has 0 radical (unpaired) electrons. The van der Waals surface area contributed by atoms with Crippen molar-refractivity contribution < 1.29 is 14.4 Å². The quantitative estimate of drug-likeness (QED) is 0.761. The summed E-state index contributed by atoms with van der Waals surface area (Å²) < 4.78 is 0. The van der Waals surface area contributed by atoms with Gasteiger partial charge in [0.05, 0.1) is 11.5 Å². The Morgan fingerprint density at radius 3 is 2.50 bits per heavy atom. The van der Waals surface area contributed by atoms with E-state index in [0.29, 0.717) is 43.3 Å². The van der Waals surface area contributed by atoms with E-state index in [1.54, 1.807) is 31.2 Å². The Hall–Kier alpha value is -2.08. The largest absolute Gasteiger partial charge is 0.342 e. The van der Waals surface area contributed by atoms with Gasteiger partial charge >= 0.3 is 0 Å². The average Bonchev–Trinajstić information content (AvgIpc) is 3.21. The van der Waals surface area contributed by atoms with Gasteiger partial charge in [-0.2, -0.15) is 0 Å². The molecule has 6 nitrogen and oxygen atoms in total. The monoisotopic (exact) mass is 403 g/mol. The van der Waals surface area contributed by atoms with E-state index in [9.17, 15) is 14.4 Å². The molecule has 1 aromatic carbocycles. The molecule has 2 atom stereocenters. The average molecular weight is 404 g/mol. The summed E-state index contributed by atoms with van der Waals surface area (Å²) >= 11 is 6.03. The molecule has 7 heteroatoms. The number of piperidine rings is 1. The number of amides is 3. The summed E-state index contributed by atoms with van der Waals surface area (Å²) in [5.41, 5.74) is 0.353. The van der Waals surface area contributed by atoms with Gasteiger partial charge in [-0.3, -0.25) is 14.4 Å². The van der Waals surface area contributed by atoms with Crippen LogP contribution in [0.25, 0.3) is 0 Å². The molecule has 3 saturated heterocycles. The maximum Gasteiger partial charge on any atom is 0.253 e. The van der Waals surface area contributed by atoms with Crippen molar-refractivity contribution in [2.45, 2.75) is 32.2 Å². The van der Waals surface area contributed by atoms with Gasteiger partial charge < -0.3 is 14.7 Å². The van der Waals surface area contributed by atoms with Crippen molar-refractivity contribution >= 4 is 29.3 Å². The Morgan fingerprint density at radius 1 is 1.18 bits per heavy atom. The van der Waals surface area contributed by atoms with E-state index in [1.165, 1.54) is 0 Å². The molecule has 1 aromatic rings. The van der Waals surface area contributed by atoms with Crippen molar-refractivity contribution in [2.75, 3.05) is 32.7 Å². The zero-order valence-corrected chi connectivity index (χ0v) is 17.1. The number of halogens is 1. The highest BCUT2D eigenvalue weighted by Crippen LogP contribution is 2.49. The Kier molecular flexibility index (Phi) is 4.86. The molecule has 0 aliphatic carbocycles. The molecule has 1 spiro atoms. The molecule has 3 fully saturated rings. The van der Waals surface area contributed by atoms with Gasteiger partial charge in [0.15, 0.2) is 0 Å². The minimum Gasteiger partial charge on any atom is -0.342 e. The highest BCUT2D eigenvalue weighted by atomic mass is 35.5. The molecule has 0 N–H and O–H groups in total. The van der Waals surface area contributed by atoms with Gasteiger partial charge in [0.1, 0.15) is 0 Å². The van der Waals surface area contributed by atoms with Crippen LogP contribution in [-0.2, 0) is 9.59 Å². The fraction of sp³-hybridized carbons (Fsp3) is 0.571. The molecule has 0 bridgehead atoms. The Balaban J connectivity index is 1.54. The van der Waals surface area contributed by atoms with Crippen LogP contribution >= 0.6 is 11.6 Å². The number of hydrogen-bond donors (Lipinski definition) is 0. The standard InChI is InChI=1S/C21H26ClN3O3/c1-3-25-20(28)17-12-24(14(2)26)13-18(17)21(25)7-9-23(10-8-21)19(27)15-5-4-6-16(22)11-15/h4-6,11,17-18H,3,7-10,12-13H2,1-2H3/t17-,18+/m1/s1. The van der Waals surface area contributed by atoms with E-state index in [1.807, 2.05) is 21.6 Å². The van der Waals surface area contributed by atoms with Crippen molar-refractivity contribution in [2.24, 2.45) is 11.8 Å². The summed E-state index contributed by atoms with van der Waals surface area (Å²) in [7, 11) is 0. The lowest BCUT2D eigenvalue weighted by atomic mass is 9.74. The lowest BCUT2D eigenvalue weighted by Gasteiger charge is -2.47. The first-order valence-electron chi connectivity index (χ1n) is 9.99. The zero-order chi connectivity index (χ0) is 20.1. The van der Waals surface area contributed by atoms with Crippen molar-refractivity contribution in [1.82, 2.24) is 14.7 Å². The van der Waals surface area contributed by atoms with Crippen LogP contribution in [0.4, 0.5) is 0 Å². The highest BCUT2D eigenvalue weighted by Gasteiger charge is 2.61. The van der Waals surface area contributed by atoms with Crippen LogP contribution in [0.1, 0.15) is 37.0 Å². The number of fused-ring (bicyclic) bond motifs is 2. The SMILES string of the molecule is CCN1C(=O)[C@@H]2CN(C(C)=O)C[C@@H]2C12CCN(C(=O)c1cccc(Cl)c1)CC2. The predicted octanol–water partition coefficient (Wildman–Crippen LogP) is 2.27. The molecule has 0 unspecified atom stereocenters. The van der Waals surface area contributed by atoms with E-state index in [2.05, 4.69) is 0 Å². The highest BCUT2D eigenvalue weighted by molar-refractivity contribution is 6.30. The predicted molar refractivity (Wildman–Crippen MR) is 106 cm³/mol. The van der Waals surface area contributed by atoms with E-state index < -0.39 is 0 Å². The molecule has 4 rings (SSSR count). The summed E-state index contributed by atoms with van der Waals surface area (Å²) in [5.74, 6) is 0.254. The third kappa shape index (κ3) is 2.89. The smallest absolute Gasteiger partial charge is 0.253 e. The van der Waals surface area contributed by atoms with E-state index in [0.717, 1.165) is 12.8 Å². The summed E-state index contributed by atoms with van der Waals surface area (Å²) in [6.07, 6.45) is 1.51. The van der Waals surface area contributed by atoms with Crippen molar-refractivity contribution in [3.63, 3.8) is 0 Å². The first-order chi connectivity index (χ1) is 13.4. The van der Waals surface area contributed by atoms with E-state index in [4.69, 9.17) is 11.6 Å². The maximum absolute atomic E-state index is 13.0. The summed E-state index contributed by atoms with van der Waals surface area (Å²) in [4.78, 5) is 43.5. The molecular weight excluding hydrogens is 378 g/mol. The van der Waals surface area contributed by atoms with Crippen LogP contribution in [0.3, 0.4) is 0 Å². The van der Waals surface area contributed by atoms with E-state index in [-0.39, 0.29) is 35.1 Å². The molecule has 3 aliphatic heterocycles. The molecule has 0 aromatic heterocycles. The number of benzene rings is 1. The van der Waals surface area contributed by atoms with Crippen molar-refractivity contribution in [3.8, 4) is 0 Å². The fourth-order valence-electron chi connectivity index (χ4n) is 5.49. The normalized spacial score (nSPS) is 26.1.